The van der Waals surface area contributed by atoms with Gasteiger partial charge in [0.05, 0.1) is 16.3 Å². The average Bonchev–Trinajstić information content (AvgIpc) is 3.15. The molecule has 0 amide bonds. The van der Waals surface area contributed by atoms with Crippen molar-refractivity contribution in [3.8, 4) is 28.1 Å². The zero-order valence-electron chi connectivity index (χ0n) is 16.1. The Bertz CT molecular complexity index is 1320. The number of alkyl halides is 2. The number of sulfonamides is 1. The van der Waals surface area contributed by atoms with Gasteiger partial charge < -0.3 is 5.73 Å². The van der Waals surface area contributed by atoms with Crippen LogP contribution in [0.2, 0.25) is 0 Å². The number of rotatable bonds is 5. The van der Waals surface area contributed by atoms with E-state index in [0.29, 0.717) is 28.2 Å². The van der Waals surface area contributed by atoms with E-state index in [2.05, 4.69) is 5.10 Å². The Balaban J connectivity index is 2.04. The quantitative estimate of drug-likeness (QED) is 0.450. The Kier molecular flexibility index (Phi) is 5.30. The Morgan fingerprint density at radius 1 is 0.839 bits per heavy atom. The summed E-state index contributed by atoms with van der Waals surface area (Å²) < 4.78 is 52.8. The average molecular weight is 440 g/mol. The molecule has 0 aliphatic carbocycles. The van der Waals surface area contributed by atoms with E-state index in [1.807, 2.05) is 6.07 Å². The first-order valence-electron chi connectivity index (χ1n) is 9.21. The lowest BCUT2D eigenvalue weighted by molar-refractivity contribution is 0.146. The second-order valence-corrected chi connectivity index (χ2v) is 8.41. The molecule has 0 fully saturated rings. The van der Waals surface area contributed by atoms with Crippen LogP contribution in [0.3, 0.4) is 0 Å². The number of halogens is 2. The lowest BCUT2D eigenvalue weighted by Gasteiger charge is -2.11. The normalized spacial score (nSPS) is 11.7. The van der Waals surface area contributed by atoms with Crippen LogP contribution >= 0.6 is 0 Å². The molecule has 9 heteroatoms. The summed E-state index contributed by atoms with van der Waals surface area (Å²) in [5.74, 6) is 0. The van der Waals surface area contributed by atoms with E-state index in [-0.39, 0.29) is 16.2 Å². The van der Waals surface area contributed by atoms with Gasteiger partial charge in [-0.3, -0.25) is 0 Å². The van der Waals surface area contributed by atoms with Crippen LogP contribution < -0.4 is 10.9 Å². The second kappa shape index (κ2) is 7.93. The standard InChI is InChI=1S/C22H18F2N4O2S/c23-22(24)20-19(14-6-10-16(25)11-7-14)21(28(27-20)17-4-2-1-3-5-17)15-8-12-18(13-9-15)31(26,29)30/h1-13,22H,25H2,(H2,26,29,30). The number of hydrogen-bond acceptors (Lipinski definition) is 4. The molecule has 3 aromatic carbocycles. The van der Waals surface area contributed by atoms with Crippen molar-refractivity contribution in [2.75, 3.05) is 5.73 Å². The van der Waals surface area contributed by atoms with E-state index in [1.54, 1.807) is 48.5 Å². The number of primary sulfonamides is 1. The van der Waals surface area contributed by atoms with Gasteiger partial charge in [0.25, 0.3) is 6.43 Å². The first-order valence-corrected chi connectivity index (χ1v) is 10.8. The van der Waals surface area contributed by atoms with Crippen molar-refractivity contribution in [3.05, 3.63) is 84.6 Å². The molecule has 0 radical (unpaired) electrons. The Morgan fingerprint density at radius 3 is 1.97 bits per heavy atom. The Labute approximate surface area is 177 Å². The highest BCUT2D eigenvalue weighted by molar-refractivity contribution is 7.89. The van der Waals surface area contributed by atoms with Gasteiger partial charge in [0, 0.05) is 16.8 Å². The number of nitrogens with zero attached hydrogens (tertiary/aromatic N) is 2. The molecule has 158 valence electrons. The minimum Gasteiger partial charge on any atom is -0.399 e. The highest BCUT2D eigenvalue weighted by atomic mass is 32.2. The summed E-state index contributed by atoms with van der Waals surface area (Å²) in [6.07, 6.45) is -2.83. The molecular weight excluding hydrogens is 422 g/mol. The fraction of sp³-hybridized carbons (Fsp3) is 0.0455. The lowest BCUT2D eigenvalue weighted by Crippen LogP contribution is -2.11. The van der Waals surface area contributed by atoms with Crippen molar-refractivity contribution in [2.24, 2.45) is 5.14 Å². The van der Waals surface area contributed by atoms with Crippen LogP contribution in [-0.2, 0) is 10.0 Å². The number of aromatic nitrogens is 2. The van der Waals surface area contributed by atoms with Gasteiger partial charge >= 0.3 is 0 Å². The van der Waals surface area contributed by atoms with Gasteiger partial charge in [-0.1, -0.05) is 42.5 Å². The van der Waals surface area contributed by atoms with Crippen LogP contribution in [0.15, 0.2) is 83.8 Å². The van der Waals surface area contributed by atoms with Crippen molar-refractivity contribution in [1.82, 2.24) is 9.78 Å². The van der Waals surface area contributed by atoms with E-state index in [0.717, 1.165) is 0 Å². The van der Waals surface area contributed by atoms with Gasteiger partial charge in [-0.2, -0.15) is 5.10 Å². The molecule has 0 saturated heterocycles. The summed E-state index contributed by atoms with van der Waals surface area (Å²) in [6, 6.07) is 21.1. The Hall–Kier alpha value is -3.56. The molecule has 1 aromatic heterocycles. The van der Waals surface area contributed by atoms with Gasteiger partial charge in [0.15, 0.2) is 0 Å². The summed E-state index contributed by atoms with van der Waals surface area (Å²) in [7, 11) is -3.90. The predicted molar refractivity (Wildman–Crippen MR) is 115 cm³/mol. The van der Waals surface area contributed by atoms with E-state index >= 15 is 0 Å². The third-order valence-corrected chi connectivity index (χ3v) is 5.70. The number of benzene rings is 3. The Morgan fingerprint density at radius 2 is 1.42 bits per heavy atom. The monoisotopic (exact) mass is 440 g/mol. The van der Waals surface area contributed by atoms with Crippen molar-refractivity contribution in [1.29, 1.82) is 0 Å². The third kappa shape index (κ3) is 4.05. The number of nitrogens with two attached hydrogens (primary N) is 2. The number of anilines is 1. The van der Waals surface area contributed by atoms with E-state index in [4.69, 9.17) is 10.9 Å². The summed E-state index contributed by atoms with van der Waals surface area (Å²) in [4.78, 5) is -0.0786. The first kappa shape index (κ1) is 20.7. The molecule has 0 unspecified atom stereocenters. The molecule has 0 atom stereocenters. The zero-order valence-corrected chi connectivity index (χ0v) is 16.9. The predicted octanol–water partition coefficient (Wildman–Crippen LogP) is 4.37. The molecule has 4 N–H and O–H groups in total. The van der Waals surface area contributed by atoms with E-state index < -0.39 is 16.4 Å². The molecular formula is C22H18F2N4O2S. The molecule has 4 aromatic rings. The van der Waals surface area contributed by atoms with Crippen molar-refractivity contribution < 1.29 is 17.2 Å². The molecule has 4 rings (SSSR count). The van der Waals surface area contributed by atoms with Crippen LogP contribution in [0.5, 0.6) is 0 Å². The largest absolute Gasteiger partial charge is 0.399 e. The minimum absolute atomic E-state index is 0.0786. The van der Waals surface area contributed by atoms with Crippen molar-refractivity contribution in [3.63, 3.8) is 0 Å². The smallest absolute Gasteiger partial charge is 0.282 e. The molecule has 0 spiro atoms. The van der Waals surface area contributed by atoms with Crippen LogP contribution in [0.4, 0.5) is 14.5 Å². The van der Waals surface area contributed by atoms with Gasteiger partial charge in [0.2, 0.25) is 10.0 Å². The fourth-order valence-corrected chi connectivity index (χ4v) is 3.86. The highest BCUT2D eigenvalue weighted by Gasteiger charge is 2.27. The maximum absolute atomic E-state index is 14.0. The third-order valence-electron chi connectivity index (χ3n) is 4.78. The molecule has 31 heavy (non-hydrogen) atoms. The van der Waals surface area contributed by atoms with Gasteiger partial charge in [-0.05, 0) is 42.0 Å². The summed E-state index contributed by atoms with van der Waals surface area (Å²) in [5, 5.41) is 9.41. The minimum atomic E-state index is -3.90. The SMILES string of the molecule is Nc1ccc(-c2c(C(F)F)nn(-c3ccccc3)c2-c2ccc(S(N)(=O)=O)cc2)cc1. The molecule has 0 aliphatic heterocycles. The maximum atomic E-state index is 14.0. The maximum Gasteiger partial charge on any atom is 0.282 e. The number of hydrogen-bond donors (Lipinski definition) is 2. The topological polar surface area (TPSA) is 104 Å². The molecule has 6 nitrogen and oxygen atoms in total. The van der Waals surface area contributed by atoms with E-state index in [9.17, 15) is 17.2 Å². The van der Waals surface area contributed by atoms with Crippen LogP contribution in [-0.4, -0.2) is 18.2 Å². The first-order chi connectivity index (χ1) is 14.8. The van der Waals surface area contributed by atoms with Crippen LogP contribution in [0.1, 0.15) is 12.1 Å². The second-order valence-electron chi connectivity index (χ2n) is 6.85. The summed E-state index contributed by atoms with van der Waals surface area (Å²) >= 11 is 0. The highest BCUT2D eigenvalue weighted by Crippen LogP contribution is 2.40. The number of nitrogen functional groups attached to an aromatic ring is 1. The fourth-order valence-electron chi connectivity index (χ4n) is 3.35. The molecule has 1 heterocycles. The summed E-state index contributed by atoms with van der Waals surface area (Å²) in [6.45, 7) is 0. The van der Waals surface area contributed by atoms with Crippen molar-refractivity contribution in [2.45, 2.75) is 11.3 Å². The van der Waals surface area contributed by atoms with Crippen LogP contribution in [0, 0.1) is 0 Å². The summed E-state index contributed by atoms with van der Waals surface area (Å²) in [5.41, 5.74) is 8.10. The van der Waals surface area contributed by atoms with E-state index in [1.165, 1.54) is 28.9 Å². The molecule has 0 saturated carbocycles. The van der Waals surface area contributed by atoms with Gasteiger partial charge in [-0.25, -0.2) is 27.0 Å². The van der Waals surface area contributed by atoms with Gasteiger partial charge in [0.1, 0.15) is 5.69 Å². The van der Waals surface area contributed by atoms with Crippen molar-refractivity contribution >= 4 is 15.7 Å². The zero-order chi connectivity index (χ0) is 22.2. The molecule has 0 aliphatic rings. The van der Waals surface area contributed by atoms with Crippen LogP contribution in [0.25, 0.3) is 28.1 Å². The molecule has 0 bridgehead atoms. The van der Waals surface area contributed by atoms with Gasteiger partial charge in [-0.15, -0.1) is 0 Å². The lowest BCUT2D eigenvalue weighted by atomic mass is 9.98. The number of para-hydroxylation sites is 1.